The number of ether oxygens (including phenoxy) is 1. The number of amides is 1. The second kappa shape index (κ2) is 7.86. The summed E-state index contributed by atoms with van der Waals surface area (Å²) in [6.07, 6.45) is -1.82. The summed E-state index contributed by atoms with van der Waals surface area (Å²) < 4.78 is 5.30. The standard InChI is InChI=1S/C13H13Cl2NO6/c1-6(22-10-3-2-7(14)4-8(10)15)12(19)16-9(13(20)21)5-11(17)18/h2-4,6,9H,5H2,1H3,(H,16,19)(H,17,18)(H,20,21). The van der Waals surface area contributed by atoms with E-state index in [2.05, 4.69) is 5.32 Å². The molecule has 0 aliphatic heterocycles. The van der Waals surface area contributed by atoms with Crippen molar-refractivity contribution < 1.29 is 29.3 Å². The second-order valence-electron chi connectivity index (χ2n) is 4.33. The molecule has 7 nitrogen and oxygen atoms in total. The lowest BCUT2D eigenvalue weighted by Crippen LogP contribution is -2.47. The highest BCUT2D eigenvalue weighted by atomic mass is 35.5. The van der Waals surface area contributed by atoms with Crippen molar-refractivity contribution in [2.24, 2.45) is 0 Å². The zero-order valence-electron chi connectivity index (χ0n) is 11.4. The predicted molar refractivity (Wildman–Crippen MR) is 78.4 cm³/mol. The van der Waals surface area contributed by atoms with E-state index in [0.717, 1.165) is 0 Å². The normalized spacial score (nSPS) is 13.0. The van der Waals surface area contributed by atoms with Crippen LogP contribution in [0.4, 0.5) is 0 Å². The van der Waals surface area contributed by atoms with Crippen LogP contribution in [0.5, 0.6) is 5.75 Å². The topological polar surface area (TPSA) is 113 Å². The molecule has 0 saturated carbocycles. The van der Waals surface area contributed by atoms with E-state index >= 15 is 0 Å². The minimum Gasteiger partial charge on any atom is -0.481 e. The first kappa shape index (κ1) is 18.1. The van der Waals surface area contributed by atoms with E-state index in [0.29, 0.717) is 5.02 Å². The van der Waals surface area contributed by atoms with Crippen molar-refractivity contribution in [3.63, 3.8) is 0 Å². The molecule has 0 fully saturated rings. The Bertz CT molecular complexity index is 592. The number of carboxylic acid groups (broad SMARTS) is 2. The smallest absolute Gasteiger partial charge is 0.326 e. The van der Waals surface area contributed by atoms with Crippen molar-refractivity contribution in [3.05, 3.63) is 28.2 Å². The van der Waals surface area contributed by atoms with E-state index in [1.807, 2.05) is 0 Å². The van der Waals surface area contributed by atoms with E-state index in [-0.39, 0.29) is 10.8 Å². The van der Waals surface area contributed by atoms with Gasteiger partial charge in [-0.25, -0.2) is 4.79 Å². The van der Waals surface area contributed by atoms with Crippen LogP contribution in [0, 0.1) is 0 Å². The number of halogens is 2. The van der Waals surface area contributed by atoms with Crippen LogP contribution in [0.2, 0.25) is 10.0 Å². The van der Waals surface area contributed by atoms with Crippen LogP contribution in [0.3, 0.4) is 0 Å². The zero-order valence-corrected chi connectivity index (χ0v) is 12.9. The molecule has 2 atom stereocenters. The highest BCUT2D eigenvalue weighted by Gasteiger charge is 2.26. The van der Waals surface area contributed by atoms with Gasteiger partial charge in [-0.2, -0.15) is 0 Å². The van der Waals surface area contributed by atoms with Crippen molar-refractivity contribution in [1.82, 2.24) is 5.32 Å². The third-order valence-corrected chi connectivity index (χ3v) is 3.09. The number of benzene rings is 1. The van der Waals surface area contributed by atoms with Gasteiger partial charge in [0.1, 0.15) is 11.8 Å². The van der Waals surface area contributed by atoms with Gasteiger partial charge in [-0.1, -0.05) is 23.2 Å². The maximum atomic E-state index is 11.9. The Morgan fingerprint density at radius 2 is 1.91 bits per heavy atom. The minimum absolute atomic E-state index is 0.187. The molecule has 0 aliphatic rings. The molecule has 0 bridgehead atoms. The van der Waals surface area contributed by atoms with Gasteiger partial charge in [0, 0.05) is 5.02 Å². The molecule has 1 aromatic rings. The summed E-state index contributed by atoms with van der Waals surface area (Å²) in [6, 6.07) is 2.85. The molecule has 22 heavy (non-hydrogen) atoms. The van der Waals surface area contributed by atoms with Crippen molar-refractivity contribution in [1.29, 1.82) is 0 Å². The van der Waals surface area contributed by atoms with Gasteiger partial charge in [0.2, 0.25) is 0 Å². The summed E-state index contributed by atoms with van der Waals surface area (Å²) in [7, 11) is 0. The molecular formula is C13H13Cl2NO6. The molecule has 2 unspecified atom stereocenters. The van der Waals surface area contributed by atoms with E-state index < -0.39 is 36.4 Å². The van der Waals surface area contributed by atoms with Crippen molar-refractivity contribution in [2.75, 3.05) is 0 Å². The molecule has 1 amide bonds. The molecule has 0 aliphatic carbocycles. The summed E-state index contributed by atoms with van der Waals surface area (Å²) in [6.45, 7) is 1.37. The first-order valence-electron chi connectivity index (χ1n) is 6.07. The summed E-state index contributed by atoms with van der Waals surface area (Å²) in [5.74, 6) is -3.38. The highest BCUT2D eigenvalue weighted by molar-refractivity contribution is 6.35. The fourth-order valence-corrected chi connectivity index (χ4v) is 1.93. The van der Waals surface area contributed by atoms with Crippen molar-refractivity contribution >= 4 is 41.0 Å². The van der Waals surface area contributed by atoms with E-state index in [1.165, 1.54) is 25.1 Å². The van der Waals surface area contributed by atoms with Gasteiger partial charge in [-0.3, -0.25) is 9.59 Å². The van der Waals surface area contributed by atoms with E-state index in [1.54, 1.807) is 0 Å². The van der Waals surface area contributed by atoms with Crippen LogP contribution < -0.4 is 10.1 Å². The lowest BCUT2D eigenvalue weighted by atomic mass is 10.2. The predicted octanol–water partition coefficient (Wildman–Crippen LogP) is 1.80. The monoisotopic (exact) mass is 349 g/mol. The summed E-state index contributed by atoms with van der Waals surface area (Å²) in [5, 5.41) is 20.1. The Labute approximate surface area is 135 Å². The SMILES string of the molecule is CC(Oc1ccc(Cl)cc1Cl)C(=O)NC(CC(=O)O)C(=O)O. The van der Waals surface area contributed by atoms with Gasteiger partial charge in [0.15, 0.2) is 6.10 Å². The summed E-state index contributed by atoms with van der Waals surface area (Å²) in [5.41, 5.74) is 0. The molecule has 0 aromatic heterocycles. The maximum absolute atomic E-state index is 11.9. The zero-order chi connectivity index (χ0) is 16.9. The van der Waals surface area contributed by atoms with Gasteiger partial charge in [-0.15, -0.1) is 0 Å². The van der Waals surface area contributed by atoms with Gasteiger partial charge in [0.05, 0.1) is 11.4 Å². The number of aliphatic carboxylic acids is 2. The molecular weight excluding hydrogens is 337 g/mol. The molecule has 0 spiro atoms. The van der Waals surface area contributed by atoms with Crippen molar-refractivity contribution in [3.8, 4) is 5.75 Å². The fraction of sp³-hybridized carbons (Fsp3) is 0.308. The first-order chi connectivity index (χ1) is 10.2. The lowest BCUT2D eigenvalue weighted by molar-refractivity contribution is -0.147. The number of carbonyl (C=O) groups is 3. The van der Waals surface area contributed by atoms with Gasteiger partial charge in [0.25, 0.3) is 5.91 Å². The van der Waals surface area contributed by atoms with Crippen LogP contribution in [0.1, 0.15) is 13.3 Å². The van der Waals surface area contributed by atoms with E-state index in [4.69, 9.17) is 38.2 Å². The molecule has 1 rings (SSSR count). The molecule has 0 radical (unpaired) electrons. The average Bonchev–Trinajstić information content (AvgIpc) is 2.40. The van der Waals surface area contributed by atoms with Crippen LogP contribution in [-0.4, -0.2) is 40.2 Å². The maximum Gasteiger partial charge on any atom is 0.326 e. The summed E-state index contributed by atoms with van der Waals surface area (Å²) in [4.78, 5) is 33.3. The molecule has 0 saturated heterocycles. The number of carboxylic acids is 2. The Morgan fingerprint density at radius 1 is 1.27 bits per heavy atom. The van der Waals surface area contributed by atoms with Gasteiger partial charge < -0.3 is 20.3 Å². The number of hydrogen-bond donors (Lipinski definition) is 3. The lowest BCUT2D eigenvalue weighted by Gasteiger charge is -2.18. The van der Waals surface area contributed by atoms with E-state index in [9.17, 15) is 14.4 Å². The second-order valence-corrected chi connectivity index (χ2v) is 5.18. The van der Waals surface area contributed by atoms with Crippen LogP contribution >= 0.6 is 23.2 Å². The quantitative estimate of drug-likeness (QED) is 0.691. The molecule has 3 N–H and O–H groups in total. The Kier molecular flexibility index (Phi) is 6.45. The molecule has 1 aromatic carbocycles. The third kappa shape index (κ3) is 5.42. The number of rotatable bonds is 7. The molecule has 0 heterocycles. The highest BCUT2D eigenvalue weighted by Crippen LogP contribution is 2.28. The minimum atomic E-state index is -1.54. The van der Waals surface area contributed by atoms with Crippen LogP contribution in [-0.2, 0) is 14.4 Å². The number of carbonyl (C=O) groups excluding carboxylic acids is 1. The fourth-order valence-electron chi connectivity index (χ4n) is 1.48. The average molecular weight is 350 g/mol. The van der Waals surface area contributed by atoms with Gasteiger partial charge >= 0.3 is 11.9 Å². The van der Waals surface area contributed by atoms with Crippen LogP contribution in [0.25, 0.3) is 0 Å². The third-order valence-electron chi connectivity index (χ3n) is 2.56. The Hall–Kier alpha value is -1.99. The van der Waals surface area contributed by atoms with Gasteiger partial charge in [-0.05, 0) is 25.1 Å². The Balaban J connectivity index is 2.71. The number of nitrogens with one attached hydrogen (secondary N) is 1. The first-order valence-corrected chi connectivity index (χ1v) is 6.83. The molecule has 120 valence electrons. The summed E-state index contributed by atoms with van der Waals surface area (Å²) >= 11 is 11.6. The molecule has 9 heteroatoms. The van der Waals surface area contributed by atoms with Crippen LogP contribution in [0.15, 0.2) is 18.2 Å². The Morgan fingerprint density at radius 3 is 2.41 bits per heavy atom. The number of hydrogen-bond acceptors (Lipinski definition) is 4. The van der Waals surface area contributed by atoms with Crippen molar-refractivity contribution in [2.45, 2.75) is 25.5 Å². The largest absolute Gasteiger partial charge is 0.481 e.